The van der Waals surface area contributed by atoms with Gasteiger partial charge < -0.3 is 25.7 Å². The van der Waals surface area contributed by atoms with Gasteiger partial charge in [0.25, 0.3) is 0 Å². The molecule has 0 aliphatic rings. The normalized spacial score (nSPS) is 9.29. The molecule has 1 rings (SSSR count). The fourth-order valence-corrected chi connectivity index (χ4v) is 1.07. The highest BCUT2D eigenvalue weighted by molar-refractivity contribution is 5.94. The van der Waals surface area contributed by atoms with Gasteiger partial charge in [0.2, 0.25) is 0 Å². The zero-order chi connectivity index (χ0) is 13.4. The Bertz CT molecular complexity index is 353. The Morgan fingerprint density at radius 2 is 1.53 bits per heavy atom. The molecule has 0 aliphatic carbocycles. The number of phenolic OH excluding ortho intramolecular Hbond substituents is 1. The summed E-state index contributed by atoms with van der Waals surface area (Å²) in [5, 5.41) is 38.2. The summed E-state index contributed by atoms with van der Waals surface area (Å²) in [5.41, 5.74) is -0.618. The van der Waals surface area contributed by atoms with E-state index in [1.54, 1.807) is 0 Å². The molecule has 6 heteroatoms. The largest absolute Gasteiger partial charge is 0.508 e. The van der Waals surface area contributed by atoms with Gasteiger partial charge in [-0.05, 0) is 13.1 Å². The van der Waals surface area contributed by atoms with Crippen LogP contribution in [0.1, 0.15) is 24.2 Å². The van der Waals surface area contributed by atoms with Crippen LogP contribution in [0.25, 0.3) is 0 Å². The van der Waals surface area contributed by atoms with Crippen LogP contribution in [0.2, 0.25) is 0 Å². The van der Waals surface area contributed by atoms with Crippen molar-refractivity contribution >= 4 is 5.97 Å². The van der Waals surface area contributed by atoms with Crippen molar-refractivity contribution in [2.45, 2.75) is 13.8 Å². The van der Waals surface area contributed by atoms with E-state index in [-0.39, 0.29) is 0 Å². The predicted octanol–water partition coefficient (Wildman–Crippen LogP) is 1.12. The van der Waals surface area contributed by atoms with Gasteiger partial charge in [0.05, 0.1) is 0 Å². The van der Waals surface area contributed by atoms with E-state index in [2.05, 4.69) is 19.2 Å². The second-order valence-electron chi connectivity index (χ2n) is 3.12. The first-order chi connectivity index (χ1) is 7.93. The van der Waals surface area contributed by atoms with Crippen LogP contribution in [0.3, 0.4) is 0 Å². The lowest BCUT2D eigenvalue weighted by molar-refractivity contribution is 0.0690. The summed E-state index contributed by atoms with van der Waals surface area (Å²) < 4.78 is 0. The van der Waals surface area contributed by atoms with E-state index >= 15 is 0 Å². The van der Waals surface area contributed by atoms with Gasteiger partial charge in [-0.3, -0.25) is 0 Å². The number of benzene rings is 1. The number of rotatable bonds is 3. The Morgan fingerprint density at radius 3 is 1.76 bits per heavy atom. The summed E-state index contributed by atoms with van der Waals surface area (Å²) in [7, 11) is 0. The van der Waals surface area contributed by atoms with E-state index in [9.17, 15) is 4.79 Å². The molecular weight excluding hydrogens is 226 g/mol. The molecule has 0 spiro atoms. The van der Waals surface area contributed by atoms with Crippen LogP contribution in [-0.2, 0) is 0 Å². The number of phenols is 3. The fourth-order valence-electron chi connectivity index (χ4n) is 1.07. The molecule has 96 valence electrons. The molecule has 1 aromatic rings. The summed E-state index contributed by atoms with van der Waals surface area (Å²) in [5.74, 6) is -3.18. The van der Waals surface area contributed by atoms with Crippen LogP contribution >= 0.6 is 0 Å². The van der Waals surface area contributed by atoms with Gasteiger partial charge in [-0.2, -0.15) is 0 Å². The number of nitrogens with one attached hydrogen (secondary N) is 1. The van der Waals surface area contributed by atoms with Crippen LogP contribution in [0.5, 0.6) is 17.2 Å². The first-order valence-corrected chi connectivity index (χ1v) is 5.12. The Balaban J connectivity index is 0.000000437. The van der Waals surface area contributed by atoms with Gasteiger partial charge in [0, 0.05) is 12.1 Å². The molecule has 0 aliphatic heterocycles. The van der Waals surface area contributed by atoms with E-state index < -0.39 is 28.8 Å². The molecule has 0 aromatic heterocycles. The van der Waals surface area contributed by atoms with Gasteiger partial charge in [0.1, 0.15) is 22.8 Å². The lowest BCUT2D eigenvalue weighted by Gasteiger charge is -2.02. The minimum Gasteiger partial charge on any atom is -0.508 e. The Kier molecular flexibility index (Phi) is 6.50. The van der Waals surface area contributed by atoms with Crippen molar-refractivity contribution in [3.05, 3.63) is 17.7 Å². The second kappa shape index (κ2) is 7.34. The molecule has 0 saturated heterocycles. The standard InChI is InChI=1S/C7H6O5.C4H11N/c8-3-1-4(9)6(7(11)12)5(10)2-3;1-3-5-4-2/h1-2,8-10H,(H,11,12);5H,3-4H2,1-2H3. The molecule has 6 nitrogen and oxygen atoms in total. The molecule has 0 bridgehead atoms. The molecule has 0 heterocycles. The molecule has 0 atom stereocenters. The highest BCUT2D eigenvalue weighted by Crippen LogP contribution is 2.31. The van der Waals surface area contributed by atoms with Gasteiger partial charge in [-0.15, -0.1) is 0 Å². The number of aromatic carboxylic acids is 1. The van der Waals surface area contributed by atoms with Gasteiger partial charge in [-0.25, -0.2) is 4.79 Å². The Labute approximate surface area is 99.2 Å². The van der Waals surface area contributed by atoms with E-state index in [0.29, 0.717) is 0 Å². The molecule has 0 amide bonds. The van der Waals surface area contributed by atoms with E-state index in [1.165, 1.54) is 0 Å². The highest BCUT2D eigenvalue weighted by atomic mass is 16.4. The van der Waals surface area contributed by atoms with Crippen molar-refractivity contribution in [3.63, 3.8) is 0 Å². The summed E-state index contributed by atoms with van der Waals surface area (Å²) in [4.78, 5) is 10.4. The lowest BCUT2D eigenvalue weighted by atomic mass is 10.1. The SMILES string of the molecule is CCNCC.O=C(O)c1c(O)cc(O)cc1O. The third-order valence-electron chi connectivity index (χ3n) is 1.80. The maximum absolute atomic E-state index is 10.4. The van der Waals surface area contributed by atoms with Crippen molar-refractivity contribution in [1.29, 1.82) is 0 Å². The third-order valence-corrected chi connectivity index (χ3v) is 1.80. The number of carboxylic acid groups (broad SMARTS) is 1. The van der Waals surface area contributed by atoms with Crippen molar-refractivity contribution in [2.75, 3.05) is 13.1 Å². The Hall–Kier alpha value is -1.95. The van der Waals surface area contributed by atoms with Gasteiger partial charge in [-0.1, -0.05) is 13.8 Å². The second-order valence-corrected chi connectivity index (χ2v) is 3.12. The molecular formula is C11H17NO5. The molecule has 5 N–H and O–H groups in total. The molecule has 1 aromatic carbocycles. The first kappa shape index (κ1) is 15.0. The quantitative estimate of drug-likeness (QED) is 0.544. The monoisotopic (exact) mass is 243 g/mol. The number of hydrogen-bond donors (Lipinski definition) is 5. The average molecular weight is 243 g/mol. The number of carbonyl (C=O) groups is 1. The van der Waals surface area contributed by atoms with Crippen LogP contribution in [-0.4, -0.2) is 39.5 Å². The lowest BCUT2D eigenvalue weighted by Crippen LogP contribution is -2.09. The number of aromatic hydroxyl groups is 3. The smallest absolute Gasteiger partial charge is 0.343 e. The predicted molar refractivity (Wildman–Crippen MR) is 62.6 cm³/mol. The molecule has 0 radical (unpaired) electrons. The van der Waals surface area contributed by atoms with Crippen molar-refractivity contribution < 1.29 is 25.2 Å². The molecule has 0 unspecified atom stereocenters. The molecule has 0 saturated carbocycles. The van der Waals surface area contributed by atoms with E-state index in [4.69, 9.17) is 20.4 Å². The summed E-state index contributed by atoms with van der Waals surface area (Å²) in [6, 6.07) is 1.67. The average Bonchev–Trinajstić information content (AvgIpc) is 2.17. The molecule has 0 fully saturated rings. The topological polar surface area (TPSA) is 110 Å². The van der Waals surface area contributed by atoms with Crippen LogP contribution in [0.4, 0.5) is 0 Å². The summed E-state index contributed by atoms with van der Waals surface area (Å²) in [6.07, 6.45) is 0. The first-order valence-electron chi connectivity index (χ1n) is 5.12. The number of carboxylic acids is 1. The van der Waals surface area contributed by atoms with E-state index in [1.807, 2.05) is 0 Å². The minimum absolute atomic E-state index is 0.394. The minimum atomic E-state index is -1.45. The van der Waals surface area contributed by atoms with Crippen molar-refractivity contribution in [1.82, 2.24) is 5.32 Å². The molecule has 17 heavy (non-hydrogen) atoms. The van der Waals surface area contributed by atoms with Gasteiger partial charge in [0.15, 0.2) is 0 Å². The fraction of sp³-hybridized carbons (Fsp3) is 0.364. The van der Waals surface area contributed by atoms with Crippen LogP contribution < -0.4 is 5.32 Å². The highest BCUT2D eigenvalue weighted by Gasteiger charge is 2.15. The third kappa shape index (κ3) is 5.07. The Morgan fingerprint density at radius 1 is 1.12 bits per heavy atom. The van der Waals surface area contributed by atoms with Crippen LogP contribution in [0, 0.1) is 0 Å². The zero-order valence-corrected chi connectivity index (χ0v) is 9.77. The van der Waals surface area contributed by atoms with Gasteiger partial charge >= 0.3 is 5.97 Å². The maximum Gasteiger partial charge on any atom is 0.343 e. The van der Waals surface area contributed by atoms with Crippen LogP contribution in [0.15, 0.2) is 12.1 Å². The summed E-state index contributed by atoms with van der Waals surface area (Å²) in [6.45, 7) is 6.39. The van der Waals surface area contributed by atoms with Crippen molar-refractivity contribution in [3.8, 4) is 17.2 Å². The summed E-state index contributed by atoms with van der Waals surface area (Å²) >= 11 is 0. The maximum atomic E-state index is 10.4. The van der Waals surface area contributed by atoms with E-state index in [0.717, 1.165) is 25.2 Å². The zero-order valence-electron chi connectivity index (χ0n) is 9.77. The number of hydrogen-bond acceptors (Lipinski definition) is 5. The van der Waals surface area contributed by atoms with Crippen molar-refractivity contribution in [2.24, 2.45) is 0 Å².